The van der Waals surface area contributed by atoms with Crippen molar-refractivity contribution in [3.05, 3.63) is 47.4 Å². The van der Waals surface area contributed by atoms with E-state index in [9.17, 15) is 8.78 Å². The Balaban J connectivity index is 1.94. The highest BCUT2D eigenvalue weighted by Crippen LogP contribution is 2.30. The van der Waals surface area contributed by atoms with Crippen molar-refractivity contribution in [1.29, 1.82) is 0 Å². The Morgan fingerprint density at radius 3 is 2.68 bits per heavy atom. The van der Waals surface area contributed by atoms with Gasteiger partial charge in [-0.3, -0.25) is 0 Å². The first-order valence-electron chi connectivity index (χ1n) is 6.53. The molecule has 0 fully saturated rings. The smallest absolute Gasteiger partial charge is 0.198 e. The van der Waals surface area contributed by atoms with Crippen molar-refractivity contribution in [2.24, 2.45) is 0 Å². The summed E-state index contributed by atoms with van der Waals surface area (Å²) < 4.78 is 32.7. The molecule has 0 saturated carbocycles. The minimum atomic E-state index is -0.733. The number of para-hydroxylation sites is 1. The summed E-state index contributed by atoms with van der Waals surface area (Å²) in [7, 11) is 1.84. The van der Waals surface area contributed by atoms with Crippen LogP contribution in [0.4, 0.5) is 14.6 Å². The number of aromatic nitrogens is 2. The Labute approximate surface area is 130 Å². The molecule has 0 N–H and O–H groups in total. The molecule has 0 bridgehead atoms. The molecular weight excluding hydrogens is 308 g/mol. The lowest BCUT2D eigenvalue weighted by Gasteiger charge is -2.26. The van der Waals surface area contributed by atoms with Crippen LogP contribution < -0.4 is 9.64 Å². The average Bonchev–Trinajstić information content (AvgIpc) is 2.51. The van der Waals surface area contributed by atoms with Gasteiger partial charge in [-0.1, -0.05) is 17.8 Å². The Hall–Kier alpha value is -2.15. The molecule has 0 saturated heterocycles. The highest BCUT2D eigenvalue weighted by atomic mass is 32.2. The van der Waals surface area contributed by atoms with Crippen LogP contribution in [0.2, 0.25) is 0 Å². The van der Waals surface area contributed by atoms with E-state index >= 15 is 0 Å². The molecule has 2 heterocycles. The van der Waals surface area contributed by atoms with Crippen LogP contribution in [0, 0.1) is 11.6 Å². The summed E-state index contributed by atoms with van der Waals surface area (Å²) in [6.07, 6.45) is 5.27. The molecule has 1 aliphatic rings. The minimum Gasteiger partial charge on any atom is -0.454 e. The summed E-state index contributed by atoms with van der Waals surface area (Å²) in [6, 6.07) is 3.62. The fourth-order valence-corrected chi connectivity index (χ4v) is 2.51. The van der Waals surface area contributed by atoms with Crippen LogP contribution in [0.15, 0.2) is 35.3 Å². The summed E-state index contributed by atoms with van der Waals surface area (Å²) >= 11 is 1.45. The van der Waals surface area contributed by atoms with Crippen LogP contribution >= 0.6 is 11.8 Å². The van der Waals surface area contributed by atoms with Crippen molar-refractivity contribution in [1.82, 2.24) is 9.97 Å². The molecule has 7 heteroatoms. The van der Waals surface area contributed by atoms with Crippen molar-refractivity contribution >= 4 is 23.7 Å². The Bertz CT molecular complexity index is 731. The minimum absolute atomic E-state index is 0.367. The van der Waals surface area contributed by atoms with E-state index in [0.717, 1.165) is 23.5 Å². The van der Waals surface area contributed by atoms with Gasteiger partial charge in [0.15, 0.2) is 22.5 Å². The normalized spacial score (nSPS) is 13.6. The number of nitrogens with zero attached hydrogens (tertiary/aromatic N) is 3. The largest absolute Gasteiger partial charge is 0.454 e. The van der Waals surface area contributed by atoms with E-state index < -0.39 is 17.4 Å². The summed E-state index contributed by atoms with van der Waals surface area (Å²) in [5.41, 5.74) is 0.748. The number of hydrogen-bond acceptors (Lipinski definition) is 5. The summed E-state index contributed by atoms with van der Waals surface area (Å²) in [5, 5.41) is 0.670. The number of hydrogen-bond donors (Lipinski definition) is 0. The Morgan fingerprint density at radius 2 is 2.00 bits per heavy atom. The average molecular weight is 321 g/mol. The number of anilines is 1. The third-order valence-corrected chi connectivity index (χ3v) is 3.74. The number of fused-ring (bicyclic) bond motifs is 1. The van der Waals surface area contributed by atoms with Gasteiger partial charge >= 0.3 is 0 Å². The first-order valence-corrected chi connectivity index (χ1v) is 7.75. The predicted molar refractivity (Wildman–Crippen MR) is 82.0 cm³/mol. The van der Waals surface area contributed by atoms with Crippen molar-refractivity contribution < 1.29 is 13.5 Å². The second-order valence-electron chi connectivity index (χ2n) is 4.76. The first-order chi connectivity index (χ1) is 10.6. The summed E-state index contributed by atoms with van der Waals surface area (Å²) in [4.78, 5) is 10.5. The summed E-state index contributed by atoms with van der Waals surface area (Å²) in [5.74, 6) is -0.667. The number of benzene rings is 1. The maximum Gasteiger partial charge on any atom is 0.198 e. The predicted octanol–water partition coefficient (Wildman–Crippen LogP) is 3.35. The third kappa shape index (κ3) is 2.76. The molecule has 0 aliphatic carbocycles. The molecule has 1 aliphatic heterocycles. The van der Waals surface area contributed by atoms with Crippen molar-refractivity contribution in [2.45, 2.75) is 5.16 Å². The molecule has 0 amide bonds. The zero-order valence-electron chi connectivity index (χ0n) is 12.0. The fourth-order valence-electron chi connectivity index (χ4n) is 2.17. The van der Waals surface area contributed by atoms with Crippen molar-refractivity contribution in [3.8, 4) is 5.75 Å². The van der Waals surface area contributed by atoms with Gasteiger partial charge in [0.25, 0.3) is 0 Å². The zero-order valence-corrected chi connectivity index (χ0v) is 12.8. The molecule has 22 heavy (non-hydrogen) atoms. The number of thioether (sulfide) groups is 1. The van der Waals surface area contributed by atoms with Gasteiger partial charge < -0.3 is 9.64 Å². The number of rotatable bonds is 3. The van der Waals surface area contributed by atoms with E-state index in [0.29, 0.717) is 17.5 Å². The van der Waals surface area contributed by atoms with Gasteiger partial charge in [0.1, 0.15) is 11.6 Å². The van der Waals surface area contributed by atoms with Crippen LogP contribution in [0.3, 0.4) is 0 Å². The second kappa shape index (κ2) is 5.92. The highest BCUT2D eigenvalue weighted by Gasteiger charge is 2.21. The Kier molecular flexibility index (Phi) is 3.98. The molecule has 114 valence electrons. The van der Waals surface area contributed by atoms with Gasteiger partial charge in [-0.15, -0.1) is 0 Å². The van der Waals surface area contributed by atoms with Crippen molar-refractivity contribution in [2.75, 3.05) is 24.7 Å². The van der Waals surface area contributed by atoms with Gasteiger partial charge in [0, 0.05) is 18.8 Å². The van der Waals surface area contributed by atoms with Crippen molar-refractivity contribution in [3.63, 3.8) is 0 Å². The molecule has 3 rings (SSSR count). The van der Waals surface area contributed by atoms with Gasteiger partial charge in [-0.25, -0.2) is 18.7 Å². The SMILES string of the molecule is CSc1ncc2c(n1)N(C)CC(Oc1c(F)cccc1F)=C2. The van der Waals surface area contributed by atoms with E-state index in [4.69, 9.17) is 4.74 Å². The fraction of sp³-hybridized carbons (Fsp3) is 0.200. The lowest BCUT2D eigenvalue weighted by molar-refractivity contribution is 0.365. The van der Waals surface area contributed by atoms with Crippen LogP contribution in [-0.4, -0.2) is 29.8 Å². The monoisotopic (exact) mass is 321 g/mol. The van der Waals surface area contributed by atoms with Gasteiger partial charge in [0.2, 0.25) is 0 Å². The van der Waals surface area contributed by atoms with E-state index in [1.165, 1.54) is 17.8 Å². The molecular formula is C15H13F2N3OS. The third-order valence-electron chi connectivity index (χ3n) is 3.18. The number of ether oxygens (including phenoxy) is 1. The van der Waals surface area contributed by atoms with Crippen LogP contribution in [-0.2, 0) is 0 Å². The molecule has 1 aromatic carbocycles. The van der Waals surface area contributed by atoms with E-state index in [-0.39, 0.29) is 0 Å². The van der Waals surface area contributed by atoms with Crippen LogP contribution in [0.5, 0.6) is 5.75 Å². The summed E-state index contributed by atoms with van der Waals surface area (Å²) in [6.45, 7) is 0.367. The van der Waals surface area contributed by atoms with Crippen LogP contribution in [0.25, 0.3) is 6.08 Å². The zero-order chi connectivity index (χ0) is 15.7. The maximum atomic E-state index is 13.7. The lowest BCUT2D eigenvalue weighted by Crippen LogP contribution is -2.27. The van der Waals surface area contributed by atoms with Gasteiger partial charge in [0.05, 0.1) is 6.54 Å². The standard InChI is InChI=1S/C15H13F2N3OS/c1-20-8-10(21-13-11(16)4-3-5-12(13)17)6-9-7-18-15(22-2)19-14(9)20/h3-7H,8H2,1-2H3. The van der Waals surface area contributed by atoms with Crippen LogP contribution in [0.1, 0.15) is 5.56 Å². The number of likely N-dealkylation sites (N-methyl/N-ethyl adjacent to an activating group) is 1. The molecule has 0 radical (unpaired) electrons. The highest BCUT2D eigenvalue weighted by molar-refractivity contribution is 7.98. The molecule has 4 nitrogen and oxygen atoms in total. The lowest BCUT2D eigenvalue weighted by atomic mass is 10.2. The first kappa shape index (κ1) is 14.8. The molecule has 1 aromatic heterocycles. The second-order valence-corrected chi connectivity index (χ2v) is 5.53. The van der Waals surface area contributed by atoms with E-state index in [1.807, 2.05) is 18.2 Å². The molecule has 0 atom stereocenters. The Morgan fingerprint density at radius 1 is 1.27 bits per heavy atom. The van der Waals surface area contributed by atoms with Gasteiger partial charge in [-0.05, 0) is 24.5 Å². The quantitative estimate of drug-likeness (QED) is 0.640. The molecule has 0 unspecified atom stereocenters. The molecule has 0 spiro atoms. The maximum absolute atomic E-state index is 13.7. The van der Waals surface area contributed by atoms with Gasteiger partial charge in [-0.2, -0.15) is 0 Å². The van der Waals surface area contributed by atoms with E-state index in [2.05, 4.69) is 9.97 Å². The topological polar surface area (TPSA) is 38.2 Å². The number of halogens is 2. The molecule has 2 aromatic rings. The van der Waals surface area contributed by atoms with E-state index in [1.54, 1.807) is 12.3 Å².